The Kier molecular flexibility index (Phi) is 4.19. The number of anilines is 1. The van der Waals surface area contributed by atoms with Crippen LogP contribution in [0.1, 0.15) is 22.2 Å². The van der Waals surface area contributed by atoms with Crippen LogP contribution in [-0.2, 0) is 0 Å². The van der Waals surface area contributed by atoms with E-state index in [1.807, 2.05) is 38.1 Å². The van der Waals surface area contributed by atoms with E-state index in [4.69, 9.17) is 17.3 Å². The normalized spacial score (nSPS) is 10.9. The molecule has 2 aromatic heterocycles. The molecule has 3 rings (SSSR count). The van der Waals surface area contributed by atoms with Crippen molar-refractivity contribution in [2.24, 2.45) is 0 Å². The van der Waals surface area contributed by atoms with Gasteiger partial charge in [-0.3, -0.25) is 4.79 Å². The Hall–Kier alpha value is -2.18. The summed E-state index contributed by atoms with van der Waals surface area (Å²) in [5.74, 6) is 0.0685. The summed E-state index contributed by atoms with van der Waals surface area (Å²) in [5, 5.41) is 4.27. The number of halogens is 1. The molecular formula is C16H15ClN4OS. The average Bonchev–Trinajstić information content (AvgIpc) is 2.91. The van der Waals surface area contributed by atoms with Crippen LogP contribution in [-0.4, -0.2) is 22.4 Å². The molecule has 0 bridgehead atoms. The lowest BCUT2D eigenvalue weighted by atomic mass is 10.0. The van der Waals surface area contributed by atoms with Crippen molar-refractivity contribution in [3.63, 3.8) is 0 Å². The van der Waals surface area contributed by atoms with E-state index in [0.29, 0.717) is 27.0 Å². The molecule has 0 unspecified atom stereocenters. The number of fused-ring (bicyclic) bond motifs is 1. The highest BCUT2D eigenvalue weighted by atomic mass is 35.5. The highest BCUT2D eigenvalue weighted by Crippen LogP contribution is 2.34. The predicted molar refractivity (Wildman–Crippen MR) is 95.0 cm³/mol. The number of carbonyl (C=O) groups excluding carboxylic acids is 1. The zero-order valence-corrected chi connectivity index (χ0v) is 14.3. The zero-order valence-electron chi connectivity index (χ0n) is 12.7. The van der Waals surface area contributed by atoms with Crippen molar-refractivity contribution in [3.05, 3.63) is 39.7 Å². The number of aromatic nitrogens is 2. The largest absolute Gasteiger partial charge is 0.368 e. The van der Waals surface area contributed by atoms with Crippen molar-refractivity contribution < 1.29 is 4.79 Å². The molecule has 23 heavy (non-hydrogen) atoms. The fourth-order valence-electron chi connectivity index (χ4n) is 2.40. The second-order valence-corrected chi connectivity index (χ2v) is 6.55. The van der Waals surface area contributed by atoms with Gasteiger partial charge in [0.2, 0.25) is 5.95 Å². The lowest BCUT2D eigenvalue weighted by molar-refractivity contribution is 0.0960. The van der Waals surface area contributed by atoms with Gasteiger partial charge in [0, 0.05) is 22.5 Å². The fourth-order valence-corrected chi connectivity index (χ4v) is 3.58. The van der Waals surface area contributed by atoms with Crippen molar-refractivity contribution >= 4 is 45.0 Å². The van der Waals surface area contributed by atoms with E-state index in [-0.39, 0.29) is 11.9 Å². The maximum atomic E-state index is 12.1. The third-order valence-electron chi connectivity index (χ3n) is 3.41. The molecule has 1 aromatic carbocycles. The van der Waals surface area contributed by atoms with Crippen LogP contribution in [0.2, 0.25) is 5.02 Å². The minimum Gasteiger partial charge on any atom is -0.368 e. The van der Waals surface area contributed by atoms with Gasteiger partial charge in [0.25, 0.3) is 5.91 Å². The molecule has 1 amide bonds. The molecule has 0 aliphatic heterocycles. The molecule has 7 heteroatoms. The van der Waals surface area contributed by atoms with Crippen molar-refractivity contribution in [2.45, 2.75) is 13.8 Å². The van der Waals surface area contributed by atoms with E-state index in [1.165, 1.54) is 11.3 Å². The van der Waals surface area contributed by atoms with E-state index < -0.39 is 0 Å². The van der Waals surface area contributed by atoms with Gasteiger partial charge >= 0.3 is 0 Å². The number of aryl methyl sites for hydroxylation is 1. The number of nitrogens with zero attached hydrogens (tertiary/aromatic N) is 2. The Morgan fingerprint density at radius 3 is 2.83 bits per heavy atom. The van der Waals surface area contributed by atoms with Gasteiger partial charge in [-0.15, -0.1) is 11.3 Å². The van der Waals surface area contributed by atoms with Crippen LogP contribution in [0, 0.1) is 6.92 Å². The van der Waals surface area contributed by atoms with Crippen LogP contribution in [0.3, 0.4) is 0 Å². The van der Waals surface area contributed by atoms with Crippen LogP contribution in [0.4, 0.5) is 5.95 Å². The first-order valence-corrected chi connectivity index (χ1v) is 8.30. The number of thiophene rings is 1. The molecule has 0 fully saturated rings. The number of hydrogen-bond acceptors (Lipinski definition) is 5. The number of carbonyl (C=O) groups is 1. The van der Waals surface area contributed by atoms with Gasteiger partial charge in [0.05, 0.1) is 10.6 Å². The number of nitrogen functional groups attached to an aromatic ring is 1. The third kappa shape index (κ3) is 3.00. The summed E-state index contributed by atoms with van der Waals surface area (Å²) in [6.07, 6.45) is 0. The Bertz CT molecular complexity index is 906. The van der Waals surface area contributed by atoms with Crippen LogP contribution in [0.5, 0.6) is 0 Å². The van der Waals surface area contributed by atoms with Crippen molar-refractivity contribution in [1.82, 2.24) is 15.3 Å². The van der Waals surface area contributed by atoms with E-state index in [0.717, 1.165) is 16.5 Å². The molecular weight excluding hydrogens is 332 g/mol. The Morgan fingerprint density at radius 1 is 1.35 bits per heavy atom. The molecule has 0 aliphatic rings. The summed E-state index contributed by atoms with van der Waals surface area (Å²) in [6.45, 7) is 4.41. The highest BCUT2D eigenvalue weighted by molar-refractivity contribution is 7.20. The first-order chi connectivity index (χ1) is 11.0. The number of nitrogens with two attached hydrogens (primary N) is 1. The van der Waals surface area contributed by atoms with Crippen LogP contribution in [0.25, 0.3) is 21.5 Å². The Morgan fingerprint density at radius 2 is 2.13 bits per heavy atom. The number of nitrogens with one attached hydrogen (secondary N) is 1. The van der Waals surface area contributed by atoms with E-state index >= 15 is 0 Å². The minimum atomic E-state index is -0.118. The van der Waals surface area contributed by atoms with Gasteiger partial charge in [-0.05, 0) is 37.6 Å². The van der Waals surface area contributed by atoms with Gasteiger partial charge in [-0.25, -0.2) is 9.97 Å². The SMILES string of the molecule is CCNC(=O)c1cc2c(-c3ccc(Cl)cc3C)nc(N)nc2s1. The standard InChI is InChI=1S/C16H15ClN4OS/c1-3-19-14(22)12-7-11-13(20-16(18)21-15(11)23-12)10-5-4-9(17)6-8(10)2/h4-7H,3H2,1-2H3,(H,19,22)(H2,18,20,21). The Labute approximate surface area is 142 Å². The molecule has 0 aliphatic carbocycles. The third-order valence-corrected chi connectivity index (χ3v) is 4.68. The van der Waals surface area contributed by atoms with Crippen LogP contribution in [0.15, 0.2) is 24.3 Å². The molecule has 3 aromatic rings. The highest BCUT2D eigenvalue weighted by Gasteiger charge is 2.17. The first kappa shape index (κ1) is 15.7. The molecule has 118 valence electrons. The first-order valence-electron chi connectivity index (χ1n) is 7.11. The molecule has 2 heterocycles. The summed E-state index contributed by atoms with van der Waals surface area (Å²) in [5.41, 5.74) is 8.47. The predicted octanol–water partition coefficient (Wildman–Crippen LogP) is 3.65. The molecule has 0 atom stereocenters. The smallest absolute Gasteiger partial charge is 0.261 e. The molecule has 5 nitrogen and oxygen atoms in total. The summed E-state index contributed by atoms with van der Waals surface area (Å²) in [6, 6.07) is 7.40. The van der Waals surface area contributed by atoms with Gasteiger partial charge in [0.1, 0.15) is 4.83 Å². The molecule has 0 spiro atoms. The summed E-state index contributed by atoms with van der Waals surface area (Å²) in [7, 11) is 0. The quantitative estimate of drug-likeness (QED) is 0.758. The molecule has 0 radical (unpaired) electrons. The van der Waals surface area contributed by atoms with Crippen molar-refractivity contribution in [1.29, 1.82) is 0 Å². The zero-order chi connectivity index (χ0) is 16.6. The van der Waals surface area contributed by atoms with E-state index in [2.05, 4.69) is 15.3 Å². The fraction of sp³-hybridized carbons (Fsp3) is 0.188. The number of benzene rings is 1. The lowest BCUT2D eigenvalue weighted by Crippen LogP contribution is -2.21. The lowest BCUT2D eigenvalue weighted by Gasteiger charge is -2.07. The van der Waals surface area contributed by atoms with Crippen LogP contribution < -0.4 is 11.1 Å². The average molecular weight is 347 g/mol. The Balaban J connectivity index is 2.22. The monoisotopic (exact) mass is 346 g/mol. The number of amides is 1. The minimum absolute atomic E-state index is 0.118. The maximum absolute atomic E-state index is 12.1. The second-order valence-electron chi connectivity index (χ2n) is 5.08. The second kappa shape index (κ2) is 6.14. The van der Waals surface area contributed by atoms with E-state index in [1.54, 1.807) is 0 Å². The van der Waals surface area contributed by atoms with Crippen molar-refractivity contribution in [2.75, 3.05) is 12.3 Å². The number of rotatable bonds is 3. The maximum Gasteiger partial charge on any atom is 0.261 e. The summed E-state index contributed by atoms with van der Waals surface area (Å²) >= 11 is 7.33. The molecule has 0 saturated carbocycles. The van der Waals surface area contributed by atoms with Gasteiger partial charge in [-0.2, -0.15) is 0 Å². The van der Waals surface area contributed by atoms with Gasteiger partial charge in [-0.1, -0.05) is 17.7 Å². The topological polar surface area (TPSA) is 80.9 Å². The molecule has 3 N–H and O–H groups in total. The molecule has 0 saturated heterocycles. The van der Waals surface area contributed by atoms with Gasteiger partial charge < -0.3 is 11.1 Å². The summed E-state index contributed by atoms with van der Waals surface area (Å²) in [4.78, 5) is 22.0. The van der Waals surface area contributed by atoms with E-state index in [9.17, 15) is 4.79 Å². The van der Waals surface area contributed by atoms with Gasteiger partial charge in [0.15, 0.2) is 0 Å². The summed E-state index contributed by atoms with van der Waals surface area (Å²) < 4.78 is 0. The van der Waals surface area contributed by atoms with Crippen LogP contribution >= 0.6 is 22.9 Å². The number of hydrogen-bond donors (Lipinski definition) is 2. The van der Waals surface area contributed by atoms with Crippen molar-refractivity contribution in [3.8, 4) is 11.3 Å².